The van der Waals surface area contributed by atoms with Gasteiger partial charge in [-0.15, -0.1) is 0 Å². The van der Waals surface area contributed by atoms with E-state index in [1.165, 1.54) is 18.4 Å². The molecule has 4 rings (SSSR count). The minimum absolute atomic E-state index is 0.114. The van der Waals surface area contributed by atoms with Crippen molar-refractivity contribution in [2.45, 2.75) is 45.1 Å². The summed E-state index contributed by atoms with van der Waals surface area (Å²) in [4.78, 5) is 35.5. The van der Waals surface area contributed by atoms with Crippen molar-refractivity contribution in [3.8, 4) is 0 Å². The third-order valence-corrected chi connectivity index (χ3v) is 5.84. The lowest BCUT2D eigenvalue weighted by Crippen LogP contribution is -2.26. The summed E-state index contributed by atoms with van der Waals surface area (Å²) in [5.41, 5.74) is 3.32. The van der Waals surface area contributed by atoms with E-state index in [0.29, 0.717) is 40.7 Å². The van der Waals surface area contributed by atoms with Gasteiger partial charge in [-0.1, -0.05) is 11.6 Å². The van der Waals surface area contributed by atoms with Gasteiger partial charge in [-0.2, -0.15) is 0 Å². The lowest BCUT2D eigenvalue weighted by molar-refractivity contribution is 0.0954. The molecule has 0 saturated heterocycles. The number of allylic oxidation sites excluding steroid dienone is 2. The molecule has 156 valence electrons. The van der Waals surface area contributed by atoms with Gasteiger partial charge in [0.2, 0.25) is 0 Å². The first-order valence-corrected chi connectivity index (χ1v) is 10.7. The molecule has 0 bridgehead atoms. The summed E-state index contributed by atoms with van der Waals surface area (Å²) in [5.74, 6) is -0.191. The van der Waals surface area contributed by atoms with Gasteiger partial charge in [0.15, 0.2) is 4.77 Å². The van der Waals surface area contributed by atoms with Crippen LogP contribution in [0, 0.1) is 4.77 Å². The average molecular weight is 424 g/mol. The molecule has 1 aromatic carbocycles. The molecule has 3 aromatic rings. The van der Waals surface area contributed by atoms with Gasteiger partial charge in [0.1, 0.15) is 0 Å². The van der Waals surface area contributed by atoms with E-state index in [-0.39, 0.29) is 11.5 Å². The van der Waals surface area contributed by atoms with E-state index < -0.39 is 0 Å². The zero-order valence-electron chi connectivity index (χ0n) is 16.7. The van der Waals surface area contributed by atoms with E-state index in [9.17, 15) is 9.59 Å². The van der Waals surface area contributed by atoms with E-state index in [1.54, 1.807) is 35.3 Å². The summed E-state index contributed by atoms with van der Waals surface area (Å²) < 4.78 is 2.01. The number of carbonyl (C=O) groups excluding carboxylic acids is 1. The molecule has 0 fully saturated rings. The lowest BCUT2D eigenvalue weighted by atomic mass is 9.97. The number of amides is 1. The lowest BCUT2D eigenvalue weighted by Gasteiger charge is -2.14. The number of carbonyl (C=O) groups is 1. The summed E-state index contributed by atoms with van der Waals surface area (Å²) in [6.45, 7) is 1.07. The summed E-state index contributed by atoms with van der Waals surface area (Å²) in [6.07, 6.45) is 11.9. The van der Waals surface area contributed by atoms with Crippen molar-refractivity contribution < 1.29 is 4.79 Å². The summed E-state index contributed by atoms with van der Waals surface area (Å²) in [6, 6.07) is 5.06. The Kier molecular flexibility index (Phi) is 6.23. The number of H-pyrrole nitrogens is 2. The Bertz CT molecular complexity index is 1190. The second-order valence-electron chi connectivity index (χ2n) is 7.59. The topological polar surface area (TPSA) is 95.6 Å². The highest BCUT2D eigenvalue weighted by Gasteiger charge is 2.11. The van der Waals surface area contributed by atoms with Crippen LogP contribution in [0.5, 0.6) is 0 Å². The maximum atomic E-state index is 13.0. The van der Waals surface area contributed by atoms with Gasteiger partial charge in [-0.05, 0) is 62.5 Å². The number of aromatic nitrogens is 4. The Morgan fingerprint density at radius 3 is 2.93 bits per heavy atom. The highest BCUT2D eigenvalue weighted by Crippen LogP contribution is 2.20. The van der Waals surface area contributed by atoms with Crippen molar-refractivity contribution >= 4 is 29.0 Å². The number of nitrogens with zero attached hydrogens (tertiary/aromatic N) is 2. The fraction of sp³-hybridized carbons (Fsp3) is 0.364. The Morgan fingerprint density at radius 1 is 1.27 bits per heavy atom. The molecule has 7 nitrogen and oxygen atoms in total. The van der Waals surface area contributed by atoms with Crippen LogP contribution in [0.2, 0.25) is 0 Å². The number of hydrogen-bond acceptors (Lipinski definition) is 4. The molecular formula is C22H25N5O2S. The standard InChI is InChI=1S/C22H25N5O2S/c28-20(24-10-8-17-13-23-14-25-17)16-6-7-18-19(12-16)26-22(30)27(21(18)29)11-9-15-4-2-1-3-5-15/h4,6-7,12-14H,1-3,5,8-11H2,(H,23,25)(H,24,28)(H,26,30). The molecule has 1 aliphatic carbocycles. The molecule has 0 spiro atoms. The first-order valence-electron chi connectivity index (χ1n) is 10.3. The number of nitrogens with one attached hydrogen (secondary N) is 3. The second kappa shape index (κ2) is 9.21. The van der Waals surface area contributed by atoms with Crippen LogP contribution in [-0.4, -0.2) is 32.0 Å². The second-order valence-corrected chi connectivity index (χ2v) is 7.97. The van der Waals surface area contributed by atoms with Gasteiger partial charge in [0, 0.05) is 37.0 Å². The third-order valence-electron chi connectivity index (χ3n) is 5.52. The van der Waals surface area contributed by atoms with Crippen molar-refractivity contribution in [3.05, 3.63) is 68.8 Å². The fourth-order valence-electron chi connectivity index (χ4n) is 3.82. The molecule has 0 aliphatic heterocycles. The third kappa shape index (κ3) is 4.59. The fourth-order valence-corrected chi connectivity index (χ4v) is 4.10. The Morgan fingerprint density at radius 2 is 2.17 bits per heavy atom. The molecule has 2 aromatic heterocycles. The van der Waals surface area contributed by atoms with E-state index in [0.717, 1.165) is 25.0 Å². The molecule has 1 aliphatic rings. The van der Waals surface area contributed by atoms with Crippen molar-refractivity contribution in [2.24, 2.45) is 0 Å². The van der Waals surface area contributed by atoms with Gasteiger partial charge in [-0.25, -0.2) is 4.98 Å². The first kappa shape index (κ1) is 20.3. The van der Waals surface area contributed by atoms with Crippen molar-refractivity contribution in [1.82, 2.24) is 24.8 Å². The van der Waals surface area contributed by atoms with Gasteiger partial charge in [-0.3, -0.25) is 14.2 Å². The van der Waals surface area contributed by atoms with E-state index >= 15 is 0 Å². The van der Waals surface area contributed by atoms with Gasteiger partial charge < -0.3 is 15.3 Å². The van der Waals surface area contributed by atoms with E-state index in [1.807, 2.05) is 0 Å². The molecule has 0 radical (unpaired) electrons. The van der Waals surface area contributed by atoms with E-state index in [4.69, 9.17) is 12.2 Å². The SMILES string of the molecule is O=C(NCCc1cnc[nH]1)c1ccc2c(=O)n(CCC3=CCCCC3)c(=S)[nH]c2c1. The van der Waals surface area contributed by atoms with Crippen LogP contribution in [-0.2, 0) is 13.0 Å². The normalized spacial score (nSPS) is 13.9. The molecule has 1 amide bonds. The number of rotatable bonds is 7. The van der Waals surface area contributed by atoms with Gasteiger partial charge in [0.25, 0.3) is 11.5 Å². The number of hydrogen-bond donors (Lipinski definition) is 3. The monoisotopic (exact) mass is 423 g/mol. The van der Waals surface area contributed by atoms with Crippen molar-refractivity contribution in [1.29, 1.82) is 0 Å². The smallest absolute Gasteiger partial charge is 0.262 e. The maximum absolute atomic E-state index is 13.0. The van der Waals surface area contributed by atoms with Crippen LogP contribution in [0.1, 0.15) is 48.2 Å². The van der Waals surface area contributed by atoms with Crippen LogP contribution < -0.4 is 10.9 Å². The first-order chi connectivity index (χ1) is 14.6. The summed E-state index contributed by atoms with van der Waals surface area (Å²) in [5, 5.41) is 3.42. The zero-order chi connectivity index (χ0) is 20.9. The van der Waals surface area contributed by atoms with Crippen molar-refractivity contribution in [2.75, 3.05) is 6.54 Å². The molecule has 2 heterocycles. The van der Waals surface area contributed by atoms with Crippen LogP contribution in [0.25, 0.3) is 10.9 Å². The van der Waals surface area contributed by atoms with Crippen LogP contribution in [0.3, 0.4) is 0 Å². The zero-order valence-corrected chi connectivity index (χ0v) is 17.6. The molecule has 8 heteroatoms. The predicted molar refractivity (Wildman–Crippen MR) is 119 cm³/mol. The molecule has 0 unspecified atom stereocenters. The molecule has 30 heavy (non-hydrogen) atoms. The summed E-state index contributed by atoms with van der Waals surface area (Å²) in [7, 11) is 0. The average Bonchev–Trinajstić information content (AvgIpc) is 3.27. The minimum Gasteiger partial charge on any atom is -0.352 e. The highest BCUT2D eigenvalue weighted by molar-refractivity contribution is 7.71. The highest BCUT2D eigenvalue weighted by atomic mass is 32.1. The Balaban J connectivity index is 1.49. The number of fused-ring (bicyclic) bond motifs is 1. The van der Waals surface area contributed by atoms with Crippen molar-refractivity contribution in [3.63, 3.8) is 0 Å². The molecule has 3 N–H and O–H groups in total. The summed E-state index contributed by atoms with van der Waals surface area (Å²) >= 11 is 5.44. The molecule has 0 saturated carbocycles. The van der Waals surface area contributed by atoms with E-state index in [2.05, 4.69) is 26.3 Å². The van der Waals surface area contributed by atoms with Crippen LogP contribution in [0.4, 0.5) is 0 Å². The van der Waals surface area contributed by atoms with Crippen LogP contribution in [0.15, 0.2) is 47.2 Å². The Labute approximate surface area is 179 Å². The molecule has 0 atom stereocenters. The van der Waals surface area contributed by atoms with Gasteiger partial charge in [0.05, 0.1) is 17.2 Å². The Hall–Kier alpha value is -3.00. The quantitative estimate of drug-likeness (QED) is 0.399. The number of aromatic amines is 2. The number of imidazole rings is 1. The minimum atomic E-state index is -0.191. The van der Waals surface area contributed by atoms with Gasteiger partial charge >= 0.3 is 0 Å². The molecular weight excluding hydrogens is 398 g/mol. The largest absolute Gasteiger partial charge is 0.352 e. The predicted octanol–water partition coefficient (Wildman–Crippen LogP) is 3.65. The van der Waals surface area contributed by atoms with Crippen LogP contribution >= 0.6 is 12.2 Å². The maximum Gasteiger partial charge on any atom is 0.262 e. The number of benzene rings is 1.